The highest BCUT2D eigenvalue weighted by Gasteiger charge is 2.36. The zero-order valence-electron chi connectivity index (χ0n) is 12.1. The standard InChI is InChI=1S/C14H16N4O4/c1-21-11-5-4-9(8-10(11)18(19)20)12-16-13(17-22-12)14(15)6-2-3-7-14/h4-5,8H,2-3,6-7,15H2,1H3. The van der Waals surface area contributed by atoms with Gasteiger partial charge in [-0.05, 0) is 25.0 Å². The van der Waals surface area contributed by atoms with Gasteiger partial charge in [0, 0.05) is 11.6 Å². The molecule has 0 radical (unpaired) electrons. The lowest BCUT2D eigenvalue weighted by Crippen LogP contribution is -2.34. The summed E-state index contributed by atoms with van der Waals surface area (Å²) in [5.74, 6) is 0.857. The zero-order chi connectivity index (χ0) is 15.7. The highest BCUT2D eigenvalue weighted by molar-refractivity contribution is 5.62. The summed E-state index contributed by atoms with van der Waals surface area (Å²) in [5, 5.41) is 15.0. The third-order valence-electron chi connectivity index (χ3n) is 3.99. The first-order chi connectivity index (χ1) is 10.5. The van der Waals surface area contributed by atoms with Gasteiger partial charge in [0.15, 0.2) is 11.6 Å². The molecule has 0 spiro atoms. The number of rotatable bonds is 4. The maximum atomic E-state index is 11.1. The first-order valence-electron chi connectivity index (χ1n) is 6.99. The third kappa shape index (κ3) is 2.41. The fourth-order valence-electron chi connectivity index (χ4n) is 2.74. The van der Waals surface area contributed by atoms with E-state index in [0.29, 0.717) is 11.4 Å². The number of hydrogen-bond donors (Lipinski definition) is 1. The van der Waals surface area contributed by atoms with E-state index < -0.39 is 10.5 Å². The number of nitro groups is 1. The van der Waals surface area contributed by atoms with Crippen LogP contribution in [0, 0.1) is 10.1 Å². The van der Waals surface area contributed by atoms with Crippen LogP contribution < -0.4 is 10.5 Å². The van der Waals surface area contributed by atoms with Crippen LogP contribution in [-0.2, 0) is 5.54 Å². The first-order valence-corrected chi connectivity index (χ1v) is 6.99. The molecule has 1 aliphatic carbocycles. The van der Waals surface area contributed by atoms with Gasteiger partial charge in [0.1, 0.15) is 0 Å². The summed E-state index contributed by atoms with van der Waals surface area (Å²) >= 11 is 0. The molecular weight excluding hydrogens is 288 g/mol. The summed E-state index contributed by atoms with van der Waals surface area (Å²) in [4.78, 5) is 14.9. The molecule has 2 N–H and O–H groups in total. The normalized spacial score (nSPS) is 16.6. The number of methoxy groups -OCH3 is 1. The Labute approximate surface area is 126 Å². The van der Waals surface area contributed by atoms with E-state index in [2.05, 4.69) is 10.1 Å². The van der Waals surface area contributed by atoms with Gasteiger partial charge in [0.05, 0.1) is 17.6 Å². The smallest absolute Gasteiger partial charge is 0.311 e. The Kier molecular flexibility index (Phi) is 3.53. The maximum Gasteiger partial charge on any atom is 0.311 e. The van der Waals surface area contributed by atoms with E-state index in [-0.39, 0.29) is 17.3 Å². The average molecular weight is 304 g/mol. The van der Waals surface area contributed by atoms with Crippen molar-refractivity contribution in [3.63, 3.8) is 0 Å². The van der Waals surface area contributed by atoms with Crippen LogP contribution in [-0.4, -0.2) is 22.2 Å². The Morgan fingerprint density at radius 3 is 2.77 bits per heavy atom. The van der Waals surface area contributed by atoms with Gasteiger partial charge in [-0.1, -0.05) is 18.0 Å². The Morgan fingerprint density at radius 1 is 1.41 bits per heavy atom. The van der Waals surface area contributed by atoms with Crippen LogP contribution >= 0.6 is 0 Å². The fraction of sp³-hybridized carbons (Fsp3) is 0.429. The second kappa shape index (κ2) is 5.38. The van der Waals surface area contributed by atoms with Gasteiger partial charge >= 0.3 is 5.69 Å². The number of ether oxygens (including phenoxy) is 1. The molecule has 0 bridgehead atoms. The molecule has 116 valence electrons. The van der Waals surface area contributed by atoms with Gasteiger partial charge in [-0.15, -0.1) is 0 Å². The molecule has 1 aromatic carbocycles. The minimum absolute atomic E-state index is 0.150. The van der Waals surface area contributed by atoms with Gasteiger partial charge in [0.25, 0.3) is 5.89 Å². The van der Waals surface area contributed by atoms with Crippen molar-refractivity contribution in [2.45, 2.75) is 31.2 Å². The van der Waals surface area contributed by atoms with Gasteiger partial charge in [-0.2, -0.15) is 4.98 Å². The molecule has 1 heterocycles. The van der Waals surface area contributed by atoms with Gasteiger partial charge < -0.3 is 15.0 Å². The number of benzene rings is 1. The van der Waals surface area contributed by atoms with Crippen LogP contribution in [0.3, 0.4) is 0 Å². The van der Waals surface area contributed by atoms with Crippen molar-refractivity contribution in [3.05, 3.63) is 34.1 Å². The molecule has 1 aromatic heterocycles. The van der Waals surface area contributed by atoms with Gasteiger partial charge in [0.2, 0.25) is 0 Å². The van der Waals surface area contributed by atoms with Crippen LogP contribution in [0.4, 0.5) is 5.69 Å². The third-order valence-corrected chi connectivity index (χ3v) is 3.99. The Morgan fingerprint density at radius 2 is 2.14 bits per heavy atom. The molecule has 1 saturated carbocycles. The van der Waals surface area contributed by atoms with Crippen LogP contribution in [0.15, 0.2) is 22.7 Å². The number of nitrogens with zero attached hydrogens (tertiary/aromatic N) is 3. The Balaban J connectivity index is 1.96. The van der Waals surface area contributed by atoms with Crippen LogP contribution in [0.1, 0.15) is 31.5 Å². The van der Waals surface area contributed by atoms with Gasteiger partial charge in [-0.25, -0.2) is 0 Å². The molecule has 0 amide bonds. The number of nitrogens with two attached hydrogens (primary N) is 1. The lowest BCUT2D eigenvalue weighted by molar-refractivity contribution is -0.385. The SMILES string of the molecule is COc1ccc(-c2nc(C3(N)CCCC3)no2)cc1[N+](=O)[O-]. The summed E-state index contributed by atoms with van der Waals surface area (Å²) in [6.45, 7) is 0. The zero-order valence-corrected chi connectivity index (χ0v) is 12.1. The van der Waals surface area contributed by atoms with Crippen LogP contribution in [0.25, 0.3) is 11.5 Å². The molecule has 8 nitrogen and oxygen atoms in total. The van der Waals surface area contributed by atoms with Crippen molar-refractivity contribution in [1.29, 1.82) is 0 Å². The molecule has 0 saturated heterocycles. The minimum Gasteiger partial charge on any atom is -0.490 e. The quantitative estimate of drug-likeness (QED) is 0.680. The monoisotopic (exact) mass is 304 g/mol. The molecule has 1 aliphatic rings. The second-order valence-corrected chi connectivity index (χ2v) is 5.43. The predicted octanol–water partition coefficient (Wildman–Crippen LogP) is 2.38. The van der Waals surface area contributed by atoms with E-state index in [1.54, 1.807) is 6.07 Å². The molecule has 22 heavy (non-hydrogen) atoms. The topological polar surface area (TPSA) is 117 Å². The molecule has 2 aromatic rings. The van der Waals surface area contributed by atoms with Crippen molar-refractivity contribution < 1.29 is 14.2 Å². The summed E-state index contributed by atoms with van der Waals surface area (Å²) in [6.07, 6.45) is 3.70. The lowest BCUT2D eigenvalue weighted by atomic mass is 9.99. The highest BCUT2D eigenvalue weighted by atomic mass is 16.6. The molecule has 8 heteroatoms. The Hall–Kier alpha value is -2.48. The van der Waals surface area contributed by atoms with Crippen molar-refractivity contribution in [2.75, 3.05) is 7.11 Å². The number of aromatic nitrogens is 2. The first kappa shape index (κ1) is 14.5. The largest absolute Gasteiger partial charge is 0.490 e. The minimum atomic E-state index is -0.555. The predicted molar refractivity (Wildman–Crippen MR) is 77.3 cm³/mol. The second-order valence-electron chi connectivity index (χ2n) is 5.43. The van der Waals surface area contributed by atoms with Crippen LogP contribution in [0.2, 0.25) is 0 Å². The molecule has 0 aliphatic heterocycles. The highest BCUT2D eigenvalue weighted by Crippen LogP contribution is 2.36. The van der Waals surface area contributed by atoms with E-state index in [1.165, 1.54) is 19.2 Å². The lowest BCUT2D eigenvalue weighted by Gasteiger charge is -2.17. The molecule has 1 fully saturated rings. The maximum absolute atomic E-state index is 11.1. The molecule has 0 unspecified atom stereocenters. The molecule has 0 atom stereocenters. The number of hydrogen-bond acceptors (Lipinski definition) is 7. The summed E-state index contributed by atoms with van der Waals surface area (Å²) in [6, 6.07) is 4.50. The summed E-state index contributed by atoms with van der Waals surface area (Å²) in [5.41, 5.74) is 6.04. The van der Waals surface area contributed by atoms with E-state index in [1.807, 2.05) is 0 Å². The number of nitro benzene ring substituents is 1. The van der Waals surface area contributed by atoms with Crippen LogP contribution in [0.5, 0.6) is 5.75 Å². The van der Waals surface area contributed by atoms with Crippen molar-refractivity contribution in [2.24, 2.45) is 5.73 Å². The summed E-state index contributed by atoms with van der Waals surface area (Å²) in [7, 11) is 1.38. The van der Waals surface area contributed by atoms with E-state index >= 15 is 0 Å². The Bertz CT molecular complexity index is 707. The summed E-state index contributed by atoms with van der Waals surface area (Å²) < 4.78 is 10.2. The molecular formula is C14H16N4O4. The van der Waals surface area contributed by atoms with Crippen molar-refractivity contribution >= 4 is 5.69 Å². The van der Waals surface area contributed by atoms with Crippen molar-refractivity contribution in [3.8, 4) is 17.2 Å². The van der Waals surface area contributed by atoms with E-state index in [9.17, 15) is 10.1 Å². The molecule has 3 rings (SSSR count). The van der Waals surface area contributed by atoms with E-state index in [4.69, 9.17) is 15.0 Å². The van der Waals surface area contributed by atoms with Crippen molar-refractivity contribution in [1.82, 2.24) is 10.1 Å². The van der Waals surface area contributed by atoms with E-state index in [0.717, 1.165) is 25.7 Å². The average Bonchev–Trinajstić information content (AvgIpc) is 3.16. The van der Waals surface area contributed by atoms with Gasteiger partial charge in [-0.3, -0.25) is 10.1 Å². The fourth-order valence-corrected chi connectivity index (χ4v) is 2.74.